The molecule has 0 saturated carbocycles. The summed E-state index contributed by atoms with van der Waals surface area (Å²) in [5.41, 5.74) is 7.34. The summed E-state index contributed by atoms with van der Waals surface area (Å²) < 4.78 is 11.1. The number of hydrogen-bond donors (Lipinski definition) is 3. The van der Waals surface area contributed by atoms with E-state index >= 15 is 0 Å². The van der Waals surface area contributed by atoms with E-state index in [0.29, 0.717) is 23.7 Å². The highest BCUT2D eigenvalue weighted by Crippen LogP contribution is 2.18. The lowest BCUT2D eigenvalue weighted by Crippen LogP contribution is -2.49. The first-order valence-corrected chi connectivity index (χ1v) is 10.1. The van der Waals surface area contributed by atoms with Crippen molar-refractivity contribution < 1.29 is 19.1 Å². The van der Waals surface area contributed by atoms with Gasteiger partial charge in [-0.05, 0) is 62.3 Å². The number of carbonyl (C=O) groups excluding carboxylic acids is 2. The molecule has 2 aromatic carbocycles. The summed E-state index contributed by atoms with van der Waals surface area (Å²) in [6.07, 6.45) is 1.97. The molecule has 0 radical (unpaired) electrons. The Labute approximate surface area is 182 Å². The minimum absolute atomic E-state index is 0.0304. The highest BCUT2D eigenvalue weighted by molar-refractivity contribution is 7.80. The van der Waals surface area contributed by atoms with Crippen LogP contribution in [0.15, 0.2) is 42.5 Å². The quantitative estimate of drug-likeness (QED) is 0.339. The predicted molar refractivity (Wildman–Crippen MR) is 120 cm³/mol. The smallest absolute Gasteiger partial charge is 0.276 e. The van der Waals surface area contributed by atoms with E-state index in [2.05, 4.69) is 23.1 Å². The molecule has 0 saturated heterocycles. The van der Waals surface area contributed by atoms with Gasteiger partial charge in [0.15, 0.2) is 11.7 Å². The maximum atomic E-state index is 12.3. The number of thiocarbonyl (C=S) groups is 1. The molecule has 0 spiro atoms. The zero-order valence-electron chi connectivity index (χ0n) is 17.4. The van der Waals surface area contributed by atoms with Crippen molar-refractivity contribution in [2.45, 2.75) is 33.6 Å². The number of carbonyl (C=O) groups is 2. The molecule has 0 aliphatic heterocycles. The fourth-order valence-electron chi connectivity index (χ4n) is 2.54. The average Bonchev–Trinajstić information content (AvgIpc) is 2.72. The van der Waals surface area contributed by atoms with E-state index in [4.69, 9.17) is 21.7 Å². The van der Waals surface area contributed by atoms with Crippen LogP contribution in [-0.2, 0) is 4.79 Å². The molecular weight excluding hydrogens is 402 g/mol. The van der Waals surface area contributed by atoms with Gasteiger partial charge in [-0.2, -0.15) is 0 Å². The van der Waals surface area contributed by atoms with E-state index in [0.717, 1.165) is 24.0 Å². The number of hydrazine groups is 1. The first-order valence-electron chi connectivity index (χ1n) is 9.72. The Morgan fingerprint density at radius 2 is 1.83 bits per heavy atom. The number of rotatable bonds is 8. The van der Waals surface area contributed by atoms with Crippen molar-refractivity contribution in [1.29, 1.82) is 0 Å². The fraction of sp³-hybridized carbons (Fsp3) is 0.318. The standard InChI is InChI=1S/C22H27N3O4S/c1-4-5-11-28-18-8-6-7-17(13-18)21(27)23-22(30)25-24-20(26)14-29-19-10-9-15(2)12-16(19)3/h6-10,12-13H,4-5,11,14H2,1-3H3,(H,24,26)(H2,23,25,27,30). The van der Waals surface area contributed by atoms with Crippen LogP contribution in [-0.4, -0.2) is 30.1 Å². The molecule has 8 heteroatoms. The van der Waals surface area contributed by atoms with E-state index in [-0.39, 0.29) is 11.7 Å². The number of ether oxygens (including phenoxy) is 2. The summed E-state index contributed by atoms with van der Waals surface area (Å²) in [5, 5.41) is 2.48. The Hall–Kier alpha value is -3.13. The molecule has 2 aromatic rings. The zero-order valence-corrected chi connectivity index (χ0v) is 18.2. The summed E-state index contributed by atoms with van der Waals surface area (Å²) in [6.45, 7) is 6.38. The van der Waals surface area contributed by atoms with Crippen molar-refractivity contribution in [1.82, 2.24) is 16.2 Å². The number of unbranched alkanes of at least 4 members (excludes halogenated alkanes) is 1. The molecule has 0 aliphatic carbocycles. The van der Waals surface area contributed by atoms with E-state index in [1.54, 1.807) is 24.3 Å². The van der Waals surface area contributed by atoms with Crippen LogP contribution in [0.1, 0.15) is 41.3 Å². The third-order valence-corrected chi connectivity index (χ3v) is 4.30. The molecule has 0 atom stereocenters. The van der Waals surface area contributed by atoms with Gasteiger partial charge in [0.1, 0.15) is 11.5 Å². The number of benzene rings is 2. The van der Waals surface area contributed by atoms with Gasteiger partial charge in [0.25, 0.3) is 11.8 Å². The molecule has 0 unspecified atom stereocenters. The topological polar surface area (TPSA) is 88.7 Å². The van der Waals surface area contributed by atoms with Gasteiger partial charge in [0, 0.05) is 5.56 Å². The summed E-state index contributed by atoms with van der Waals surface area (Å²) in [4.78, 5) is 24.3. The molecule has 2 rings (SSSR count). The van der Waals surface area contributed by atoms with E-state index < -0.39 is 11.8 Å². The maximum absolute atomic E-state index is 12.3. The average molecular weight is 430 g/mol. The van der Waals surface area contributed by atoms with Crippen molar-refractivity contribution >= 4 is 29.1 Å². The second-order valence-electron chi connectivity index (χ2n) is 6.74. The van der Waals surface area contributed by atoms with Crippen LogP contribution in [0.2, 0.25) is 0 Å². The first-order chi connectivity index (χ1) is 14.4. The molecule has 30 heavy (non-hydrogen) atoms. The maximum Gasteiger partial charge on any atom is 0.276 e. The third-order valence-electron chi connectivity index (χ3n) is 4.09. The van der Waals surface area contributed by atoms with E-state index in [1.165, 1.54) is 0 Å². The highest BCUT2D eigenvalue weighted by Gasteiger charge is 2.10. The lowest BCUT2D eigenvalue weighted by molar-refractivity contribution is -0.123. The summed E-state index contributed by atoms with van der Waals surface area (Å²) in [6, 6.07) is 12.5. The molecular formula is C22H27N3O4S. The second-order valence-corrected chi connectivity index (χ2v) is 7.15. The minimum Gasteiger partial charge on any atom is -0.494 e. The second kappa shape index (κ2) is 11.8. The summed E-state index contributed by atoms with van der Waals surface area (Å²) in [5.74, 6) is 0.409. The van der Waals surface area contributed by atoms with Gasteiger partial charge in [-0.15, -0.1) is 0 Å². The van der Waals surface area contributed by atoms with Gasteiger partial charge in [-0.1, -0.05) is 37.1 Å². The van der Waals surface area contributed by atoms with E-state index in [9.17, 15) is 9.59 Å². The first kappa shape index (κ1) is 23.2. The van der Waals surface area contributed by atoms with Gasteiger partial charge in [0.2, 0.25) is 0 Å². The number of aryl methyl sites for hydroxylation is 2. The van der Waals surface area contributed by atoms with Crippen molar-refractivity contribution in [3.63, 3.8) is 0 Å². The van der Waals surface area contributed by atoms with E-state index in [1.807, 2.05) is 32.0 Å². The Balaban J connectivity index is 1.76. The van der Waals surface area contributed by atoms with Crippen LogP contribution in [0.25, 0.3) is 0 Å². The van der Waals surface area contributed by atoms with Gasteiger partial charge in [-0.3, -0.25) is 25.8 Å². The van der Waals surface area contributed by atoms with Crippen LogP contribution >= 0.6 is 12.2 Å². The molecule has 0 fully saturated rings. The molecule has 3 N–H and O–H groups in total. The molecule has 2 amide bonds. The van der Waals surface area contributed by atoms with Gasteiger partial charge >= 0.3 is 0 Å². The largest absolute Gasteiger partial charge is 0.494 e. The Kier molecular flexibility index (Phi) is 9.08. The lowest BCUT2D eigenvalue weighted by atomic mass is 10.1. The SMILES string of the molecule is CCCCOc1cccc(C(=O)NC(=S)NNC(=O)COc2ccc(C)cc2C)c1. The molecule has 0 bridgehead atoms. The number of hydrogen-bond acceptors (Lipinski definition) is 5. The Morgan fingerprint density at radius 1 is 1.03 bits per heavy atom. The highest BCUT2D eigenvalue weighted by atomic mass is 32.1. The molecule has 7 nitrogen and oxygen atoms in total. The molecule has 0 aromatic heterocycles. The van der Waals surface area contributed by atoms with Crippen LogP contribution < -0.4 is 25.6 Å². The summed E-state index contributed by atoms with van der Waals surface area (Å²) >= 11 is 5.05. The van der Waals surface area contributed by atoms with Gasteiger partial charge in [-0.25, -0.2) is 0 Å². The third kappa shape index (κ3) is 7.71. The van der Waals surface area contributed by atoms with Crippen molar-refractivity contribution in [3.05, 3.63) is 59.2 Å². The molecule has 0 aliphatic rings. The predicted octanol–water partition coefficient (Wildman–Crippen LogP) is 3.20. The Bertz CT molecular complexity index is 902. The van der Waals surface area contributed by atoms with Crippen LogP contribution in [0, 0.1) is 13.8 Å². The molecule has 160 valence electrons. The van der Waals surface area contributed by atoms with Crippen LogP contribution in [0.3, 0.4) is 0 Å². The van der Waals surface area contributed by atoms with Crippen LogP contribution in [0.5, 0.6) is 11.5 Å². The minimum atomic E-state index is -0.433. The normalized spacial score (nSPS) is 10.1. The van der Waals surface area contributed by atoms with Crippen molar-refractivity contribution in [3.8, 4) is 11.5 Å². The fourth-order valence-corrected chi connectivity index (χ4v) is 2.68. The number of amides is 2. The van der Waals surface area contributed by atoms with Crippen LogP contribution in [0.4, 0.5) is 0 Å². The van der Waals surface area contributed by atoms with Gasteiger partial charge in [0.05, 0.1) is 6.61 Å². The monoisotopic (exact) mass is 429 g/mol. The van der Waals surface area contributed by atoms with Crippen molar-refractivity contribution in [2.24, 2.45) is 0 Å². The number of nitrogens with one attached hydrogen (secondary N) is 3. The zero-order chi connectivity index (χ0) is 21.9. The van der Waals surface area contributed by atoms with Crippen molar-refractivity contribution in [2.75, 3.05) is 13.2 Å². The Morgan fingerprint density at radius 3 is 2.57 bits per heavy atom. The summed E-state index contributed by atoms with van der Waals surface area (Å²) in [7, 11) is 0. The molecule has 0 heterocycles. The lowest BCUT2D eigenvalue weighted by Gasteiger charge is -2.13. The van der Waals surface area contributed by atoms with Gasteiger partial charge < -0.3 is 9.47 Å².